The Balaban J connectivity index is 1.94. The first-order valence-corrected chi connectivity index (χ1v) is 10.9. The van der Waals surface area contributed by atoms with Crippen LogP contribution >= 0.6 is 15.9 Å². The molecule has 0 unspecified atom stereocenters. The maximum absolute atomic E-state index is 12.9. The Bertz CT molecular complexity index is 1140. The minimum absolute atomic E-state index is 0.0197. The van der Waals surface area contributed by atoms with Crippen molar-refractivity contribution in [2.45, 2.75) is 18.7 Å². The van der Waals surface area contributed by atoms with Crippen molar-refractivity contribution in [1.82, 2.24) is 0 Å². The first kappa shape index (κ1) is 21.0. The maximum atomic E-state index is 12.9. The summed E-state index contributed by atoms with van der Waals surface area (Å²) in [5.74, 6) is -0.0917. The van der Waals surface area contributed by atoms with Crippen LogP contribution in [0.2, 0.25) is 0 Å². The summed E-state index contributed by atoms with van der Waals surface area (Å²) < 4.78 is 28.6. The Morgan fingerprint density at radius 3 is 2.52 bits per heavy atom. The highest BCUT2D eigenvalue weighted by Crippen LogP contribution is 2.36. The molecule has 1 aliphatic heterocycles. The molecule has 0 atom stereocenters. The van der Waals surface area contributed by atoms with Crippen LogP contribution in [0, 0.1) is 0 Å². The molecule has 3 rings (SSSR count). The number of rotatable bonds is 5. The number of aromatic hydroxyl groups is 1. The number of carbonyl (C=O) groups is 1. The molecule has 29 heavy (non-hydrogen) atoms. The van der Waals surface area contributed by atoms with E-state index in [2.05, 4.69) is 21.0 Å². The fraction of sp³-hybridized carbons (Fsp3) is 0.158. The molecular weight excluding hydrogens is 462 g/mol. The second-order valence-electron chi connectivity index (χ2n) is 6.18. The zero-order chi connectivity index (χ0) is 21.3. The number of phenols is 1. The topological polar surface area (TPSA) is 122 Å². The molecule has 0 spiro atoms. The normalized spacial score (nSPS) is 15.7. The predicted molar refractivity (Wildman–Crippen MR) is 113 cm³/mol. The van der Waals surface area contributed by atoms with Crippen LogP contribution < -0.4 is 14.9 Å². The summed E-state index contributed by atoms with van der Waals surface area (Å²) in [6.07, 6.45) is 1.65. The maximum Gasteiger partial charge on any atom is 0.280 e. The van der Waals surface area contributed by atoms with Crippen LogP contribution in [0.15, 0.2) is 56.4 Å². The number of hydrazone groups is 1. The summed E-state index contributed by atoms with van der Waals surface area (Å²) in [5, 5.41) is 20.6. The summed E-state index contributed by atoms with van der Waals surface area (Å²) in [6.45, 7) is 3.87. The SMILES string of the molecule is CCOc1cc(/C=C2\C(=O)N(c3ccc(S(N)(=O)=O)cc3)N=C2C)cc(Br)c1O. The van der Waals surface area contributed by atoms with Crippen LogP contribution in [-0.2, 0) is 14.8 Å². The van der Waals surface area contributed by atoms with E-state index >= 15 is 0 Å². The molecule has 1 heterocycles. The number of hydrogen-bond acceptors (Lipinski definition) is 6. The lowest BCUT2D eigenvalue weighted by atomic mass is 10.1. The van der Waals surface area contributed by atoms with E-state index in [1.54, 1.807) is 32.1 Å². The van der Waals surface area contributed by atoms with E-state index < -0.39 is 10.0 Å². The highest BCUT2D eigenvalue weighted by atomic mass is 79.9. The van der Waals surface area contributed by atoms with Gasteiger partial charge in [0.2, 0.25) is 10.0 Å². The van der Waals surface area contributed by atoms with Crippen LogP contribution in [0.1, 0.15) is 19.4 Å². The van der Waals surface area contributed by atoms with E-state index in [0.717, 1.165) is 0 Å². The first-order valence-electron chi connectivity index (χ1n) is 8.51. The average molecular weight is 480 g/mol. The molecule has 0 aliphatic carbocycles. The van der Waals surface area contributed by atoms with E-state index in [4.69, 9.17) is 9.88 Å². The van der Waals surface area contributed by atoms with Crippen molar-refractivity contribution < 1.29 is 23.1 Å². The van der Waals surface area contributed by atoms with Crippen molar-refractivity contribution in [2.75, 3.05) is 11.6 Å². The molecule has 1 amide bonds. The van der Waals surface area contributed by atoms with E-state index in [1.807, 2.05) is 0 Å². The number of halogens is 1. The zero-order valence-corrected chi connectivity index (χ0v) is 18.0. The molecule has 0 saturated carbocycles. The van der Waals surface area contributed by atoms with Crippen LogP contribution in [0.25, 0.3) is 6.08 Å². The van der Waals surface area contributed by atoms with Gasteiger partial charge < -0.3 is 9.84 Å². The molecule has 2 aromatic carbocycles. The van der Waals surface area contributed by atoms with Gasteiger partial charge in [-0.25, -0.2) is 13.6 Å². The van der Waals surface area contributed by atoms with Crippen molar-refractivity contribution in [1.29, 1.82) is 0 Å². The molecule has 0 saturated heterocycles. The van der Waals surface area contributed by atoms with E-state index in [-0.39, 0.29) is 16.6 Å². The van der Waals surface area contributed by atoms with Gasteiger partial charge >= 0.3 is 0 Å². The monoisotopic (exact) mass is 479 g/mol. The molecule has 3 N–H and O–H groups in total. The third-order valence-electron chi connectivity index (χ3n) is 4.13. The highest BCUT2D eigenvalue weighted by molar-refractivity contribution is 9.10. The van der Waals surface area contributed by atoms with Gasteiger partial charge in [-0.1, -0.05) is 0 Å². The third-order valence-corrected chi connectivity index (χ3v) is 5.67. The number of hydrogen-bond donors (Lipinski definition) is 2. The number of anilines is 1. The van der Waals surface area contributed by atoms with Crippen LogP contribution in [0.5, 0.6) is 11.5 Å². The van der Waals surface area contributed by atoms with Crippen molar-refractivity contribution in [2.24, 2.45) is 10.2 Å². The molecular formula is C19H18BrN3O5S. The molecule has 8 nitrogen and oxygen atoms in total. The van der Waals surface area contributed by atoms with Gasteiger partial charge in [0.05, 0.1) is 32.9 Å². The Kier molecular flexibility index (Phi) is 5.78. The fourth-order valence-electron chi connectivity index (χ4n) is 2.75. The molecule has 0 radical (unpaired) electrons. The van der Waals surface area contributed by atoms with Crippen molar-refractivity contribution in [3.8, 4) is 11.5 Å². The molecule has 152 valence electrons. The number of benzene rings is 2. The second kappa shape index (κ2) is 7.97. The number of carbonyl (C=O) groups excluding carboxylic acids is 1. The van der Waals surface area contributed by atoms with Gasteiger partial charge in [0.25, 0.3) is 5.91 Å². The fourth-order valence-corrected chi connectivity index (χ4v) is 3.72. The number of sulfonamides is 1. The summed E-state index contributed by atoms with van der Waals surface area (Å²) in [4.78, 5) is 12.8. The second-order valence-corrected chi connectivity index (χ2v) is 8.60. The Morgan fingerprint density at radius 1 is 1.28 bits per heavy atom. The van der Waals surface area contributed by atoms with Gasteiger partial charge in [-0.05, 0) is 77.8 Å². The Labute approximate surface area is 176 Å². The van der Waals surface area contributed by atoms with Gasteiger partial charge in [-0.15, -0.1) is 0 Å². The number of amides is 1. The van der Waals surface area contributed by atoms with E-state index in [9.17, 15) is 18.3 Å². The summed E-state index contributed by atoms with van der Waals surface area (Å²) in [6, 6.07) is 8.84. The van der Waals surface area contributed by atoms with Gasteiger partial charge in [0.15, 0.2) is 11.5 Å². The molecule has 10 heteroatoms. The number of phenolic OH excluding ortho intramolecular Hbond substituents is 1. The lowest BCUT2D eigenvalue weighted by Crippen LogP contribution is -2.21. The summed E-state index contributed by atoms with van der Waals surface area (Å²) in [5.41, 5.74) is 1.91. The minimum atomic E-state index is -3.82. The Hall–Kier alpha value is -2.69. The molecule has 0 fully saturated rings. The van der Waals surface area contributed by atoms with E-state index in [1.165, 1.54) is 29.3 Å². The van der Waals surface area contributed by atoms with E-state index in [0.29, 0.717) is 39.4 Å². The first-order chi connectivity index (χ1) is 13.6. The molecule has 2 aromatic rings. The molecule has 1 aliphatic rings. The van der Waals surface area contributed by atoms with Gasteiger partial charge in [0.1, 0.15) is 0 Å². The minimum Gasteiger partial charge on any atom is -0.503 e. The van der Waals surface area contributed by atoms with Gasteiger partial charge in [-0.3, -0.25) is 4.79 Å². The number of nitrogens with two attached hydrogens (primary N) is 1. The number of ether oxygens (including phenoxy) is 1. The van der Waals surface area contributed by atoms with Crippen LogP contribution in [0.4, 0.5) is 5.69 Å². The third kappa shape index (κ3) is 4.34. The average Bonchev–Trinajstić information content (AvgIpc) is 2.93. The van der Waals surface area contributed by atoms with Crippen LogP contribution in [0.3, 0.4) is 0 Å². The Morgan fingerprint density at radius 2 is 1.93 bits per heavy atom. The summed E-state index contributed by atoms with van der Waals surface area (Å²) >= 11 is 3.27. The summed E-state index contributed by atoms with van der Waals surface area (Å²) in [7, 11) is -3.82. The van der Waals surface area contributed by atoms with Gasteiger partial charge in [0, 0.05) is 0 Å². The quantitative estimate of drug-likeness (QED) is 0.638. The lowest BCUT2D eigenvalue weighted by molar-refractivity contribution is -0.114. The molecule has 0 aromatic heterocycles. The number of primary sulfonamides is 1. The largest absolute Gasteiger partial charge is 0.503 e. The number of nitrogens with zero attached hydrogens (tertiary/aromatic N) is 2. The highest BCUT2D eigenvalue weighted by Gasteiger charge is 2.29. The van der Waals surface area contributed by atoms with Crippen molar-refractivity contribution >= 4 is 49.3 Å². The standard InChI is InChI=1S/C19H18BrN3O5S/c1-3-28-17-10-12(9-16(20)18(17)24)8-15-11(2)22-23(19(15)25)13-4-6-14(7-5-13)29(21,26)27/h4-10,24H,3H2,1-2H3,(H2,21,26,27)/b15-8-. The zero-order valence-electron chi connectivity index (χ0n) is 15.6. The predicted octanol–water partition coefficient (Wildman–Crippen LogP) is 3.01. The smallest absolute Gasteiger partial charge is 0.280 e. The molecule has 0 bridgehead atoms. The lowest BCUT2D eigenvalue weighted by Gasteiger charge is -2.12. The van der Waals surface area contributed by atoms with Crippen LogP contribution in [-0.4, -0.2) is 31.8 Å². The van der Waals surface area contributed by atoms with Crippen molar-refractivity contribution in [3.63, 3.8) is 0 Å². The van der Waals surface area contributed by atoms with Gasteiger partial charge in [-0.2, -0.15) is 10.1 Å². The van der Waals surface area contributed by atoms with Crippen molar-refractivity contribution in [3.05, 3.63) is 52.0 Å².